The van der Waals surface area contributed by atoms with Crippen molar-refractivity contribution < 1.29 is 4.79 Å². The smallest absolute Gasteiger partial charge is 0.133 e. The summed E-state index contributed by atoms with van der Waals surface area (Å²) in [7, 11) is 0. The minimum Gasteiger partial charge on any atom is -0.300 e. The number of carbonyl (C=O) groups is 1. The van der Waals surface area contributed by atoms with Gasteiger partial charge in [0, 0.05) is 12.8 Å². The Labute approximate surface area is 68.2 Å². The first-order chi connectivity index (χ1) is 5.10. The van der Waals surface area contributed by atoms with Crippen molar-refractivity contribution in [1.82, 2.24) is 0 Å². The van der Waals surface area contributed by atoms with Gasteiger partial charge in [0.15, 0.2) is 0 Å². The Morgan fingerprint density at radius 2 is 1.64 bits per heavy atom. The first-order valence-corrected chi connectivity index (χ1v) is 4.62. The number of carbonyl (C=O) groups excluding carboxylic acids is 1. The SMILES string of the molecule is CC1(C)[C@@H]2CC[C@H]1CC(=O)C2. The Hall–Kier alpha value is -0.330. The van der Waals surface area contributed by atoms with E-state index in [9.17, 15) is 4.79 Å². The van der Waals surface area contributed by atoms with Gasteiger partial charge in [0.2, 0.25) is 0 Å². The van der Waals surface area contributed by atoms with Gasteiger partial charge in [0.25, 0.3) is 0 Å². The molecular formula is C10H16O. The zero-order valence-electron chi connectivity index (χ0n) is 7.39. The maximum atomic E-state index is 11.2. The van der Waals surface area contributed by atoms with Crippen LogP contribution in [0.15, 0.2) is 0 Å². The fourth-order valence-corrected chi connectivity index (χ4v) is 2.84. The lowest BCUT2D eigenvalue weighted by atomic mass is 9.67. The highest BCUT2D eigenvalue weighted by Crippen LogP contribution is 2.53. The van der Waals surface area contributed by atoms with Crippen LogP contribution in [-0.4, -0.2) is 5.78 Å². The molecule has 1 heteroatoms. The second kappa shape index (κ2) is 2.09. The summed E-state index contributed by atoms with van der Waals surface area (Å²) in [6, 6.07) is 0. The van der Waals surface area contributed by atoms with E-state index in [-0.39, 0.29) is 0 Å². The molecule has 0 aromatic carbocycles. The summed E-state index contributed by atoms with van der Waals surface area (Å²) in [5, 5.41) is 0. The minimum absolute atomic E-state index is 0.466. The van der Waals surface area contributed by atoms with E-state index in [4.69, 9.17) is 0 Å². The van der Waals surface area contributed by atoms with Gasteiger partial charge < -0.3 is 0 Å². The molecular weight excluding hydrogens is 136 g/mol. The zero-order chi connectivity index (χ0) is 8.06. The Morgan fingerprint density at radius 1 is 1.18 bits per heavy atom. The van der Waals surface area contributed by atoms with Crippen LogP contribution in [0.1, 0.15) is 39.5 Å². The second-order valence-electron chi connectivity index (χ2n) is 4.74. The predicted octanol–water partition coefficient (Wildman–Crippen LogP) is 2.40. The van der Waals surface area contributed by atoms with Crippen LogP contribution in [0.3, 0.4) is 0 Å². The number of hydrogen-bond donors (Lipinski definition) is 0. The van der Waals surface area contributed by atoms with Gasteiger partial charge in [-0.2, -0.15) is 0 Å². The van der Waals surface area contributed by atoms with Crippen molar-refractivity contribution in [2.45, 2.75) is 39.5 Å². The van der Waals surface area contributed by atoms with Crippen molar-refractivity contribution in [2.75, 3.05) is 0 Å². The number of hydrogen-bond acceptors (Lipinski definition) is 1. The Balaban J connectivity index is 2.25. The molecule has 2 aliphatic rings. The summed E-state index contributed by atoms with van der Waals surface area (Å²) in [5.74, 6) is 1.92. The van der Waals surface area contributed by atoms with Crippen molar-refractivity contribution in [3.05, 3.63) is 0 Å². The Bertz CT molecular complexity index is 175. The summed E-state index contributed by atoms with van der Waals surface area (Å²) < 4.78 is 0. The number of fused-ring (bicyclic) bond motifs is 2. The number of rotatable bonds is 0. The van der Waals surface area contributed by atoms with Gasteiger partial charge in [-0.25, -0.2) is 0 Å². The van der Waals surface area contributed by atoms with Crippen LogP contribution < -0.4 is 0 Å². The summed E-state index contributed by atoms with van der Waals surface area (Å²) >= 11 is 0. The summed E-state index contributed by atoms with van der Waals surface area (Å²) in [4.78, 5) is 11.2. The summed E-state index contributed by atoms with van der Waals surface area (Å²) in [6.45, 7) is 4.67. The molecule has 0 N–H and O–H groups in total. The molecule has 0 aliphatic heterocycles. The maximum absolute atomic E-state index is 11.2. The van der Waals surface area contributed by atoms with Crippen molar-refractivity contribution in [2.24, 2.45) is 17.3 Å². The van der Waals surface area contributed by atoms with Gasteiger partial charge in [0.05, 0.1) is 0 Å². The van der Waals surface area contributed by atoms with E-state index in [0.717, 1.165) is 12.8 Å². The molecule has 2 saturated carbocycles. The van der Waals surface area contributed by atoms with E-state index >= 15 is 0 Å². The zero-order valence-corrected chi connectivity index (χ0v) is 7.39. The lowest BCUT2D eigenvalue weighted by molar-refractivity contribution is -0.125. The summed E-state index contributed by atoms with van der Waals surface area (Å²) in [5.41, 5.74) is 0.466. The number of Topliss-reactive ketones (excluding diaryl/α,β-unsaturated/α-hetero) is 1. The van der Waals surface area contributed by atoms with Gasteiger partial charge in [-0.15, -0.1) is 0 Å². The Kier molecular flexibility index (Phi) is 1.39. The first kappa shape index (κ1) is 7.33. The van der Waals surface area contributed by atoms with Gasteiger partial charge >= 0.3 is 0 Å². The van der Waals surface area contributed by atoms with Crippen LogP contribution in [-0.2, 0) is 4.79 Å². The van der Waals surface area contributed by atoms with E-state index in [0.29, 0.717) is 23.0 Å². The molecule has 0 radical (unpaired) electrons. The Morgan fingerprint density at radius 3 is 2.09 bits per heavy atom. The quantitative estimate of drug-likeness (QED) is 0.521. The van der Waals surface area contributed by atoms with Crippen molar-refractivity contribution in [3.8, 4) is 0 Å². The van der Waals surface area contributed by atoms with Crippen molar-refractivity contribution >= 4 is 5.78 Å². The molecule has 1 nitrogen and oxygen atoms in total. The molecule has 0 spiro atoms. The fourth-order valence-electron chi connectivity index (χ4n) is 2.84. The molecule has 2 rings (SSSR count). The van der Waals surface area contributed by atoms with Gasteiger partial charge in [-0.05, 0) is 30.1 Å². The molecule has 0 amide bonds. The van der Waals surface area contributed by atoms with E-state index in [1.54, 1.807) is 0 Å². The van der Waals surface area contributed by atoms with Gasteiger partial charge in [-0.1, -0.05) is 13.8 Å². The minimum atomic E-state index is 0.466. The van der Waals surface area contributed by atoms with Gasteiger partial charge in [0.1, 0.15) is 5.78 Å². The monoisotopic (exact) mass is 152 g/mol. The van der Waals surface area contributed by atoms with E-state index in [1.165, 1.54) is 12.8 Å². The second-order valence-corrected chi connectivity index (χ2v) is 4.74. The van der Waals surface area contributed by atoms with Crippen LogP contribution in [0, 0.1) is 17.3 Å². The fraction of sp³-hybridized carbons (Fsp3) is 0.900. The topological polar surface area (TPSA) is 17.1 Å². The van der Waals surface area contributed by atoms with Crippen LogP contribution in [0.5, 0.6) is 0 Å². The molecule has 0 heterocycles. The molecule has 0 saturated heterocycles. The molecule has 11 heavy (non-hydrogen) atoms. The van der Waals surface area contributed by atoms with Gasteiger partial charge in [-0.3, -0.25) is 4.79 Å². The molecule has 0 unspecified atom stereocenters. The molecule has 2 fully saturated rings. The molecule has 2 aliphatic carbocycles. The molecule has 62 valence electrons. The highest BCUT2D eigenvalue weighted by molar-refractivity contribution is 5.80. The first-order valence-electron chi connectivity index (χ1n) is 4.62. The highest BCUT2D eigenvalue weighted by Gasteiger charge is 2.47. The third-order valence-corrected chi connectivity index (χ3v) is 3.92. The lowest BCUT2D eigenvalue weighted by Crippen LogP contribution is -2.33. The molecule has 0 aromatic rings. The van der Waals surface area contributed by atoms with Crippen LogP contribution in [0.25, 0.3) is 0 Å². The highest BCUT2D eigenvalue weighted by atomic mass is 16.1. The third-order valence-electron chi connectivity index (χ3n) is 3.92. The molecule has 2 atom stereocenters. The van der Waals surface area contributed by atoms with Crippen LogP contribution in [0.4, 0.5) is 0 Å². The normalized spacial score (nSPS) is 41.1. The third kappa shape index (κ3) is 0.935. The molecule has 2 bridgehead atoms. The van der Waals surface area contributed by atoms with Crippen molar-refractivity contribution in [3.63, 3.8) is 0 Å². The standard InChI is InChI=1S/C10H16O/c1-10(2)7-3-4-8(10)6-9(11)5-7/h7-8H,3-6H2,1-2H3/t7-,8+. The van der Waals surface area contributed by atoms with E-state index in [1.807, 2.05) is 0 Å². The average molecular weight is 152 g/mol. The van der Waals surface area contributed by atoms with E-state index < -0.39 is 0 Å². The lowest BCUT2D eigenvalue weighted by Gasteiger charge is -2.36. The van der Waals surface area contributed by atoms with Crippen LogP contribution in [0.2, 0.25) is 0 Å². The molecule has 0 aromatic heterocycles. The van der Waals surface area contributed by atoms with Crippen LogP contribution >= 0.6 is 0 Å². The van der Waals surface area contributed by atoms with E-state index in [2.05, 4.69) is 13.8 Å². The summed E-state index contributed by atoms with van der Waals surface area (Å²) in [6.07, 6.45) is 4.32. The maximum Gasteiger partial charge on any atom is 0.133 e. The average Bonchev–Trinajstić information content (AvgIpc) is 2.19. The predicted molar refractivity (Wildman–Crippen MR) is 44.2 cm³/mol. The number of ketones is 1. The largest absolute Gasteiger partial charge is 0.300 e. The van der Waals surface area contributed by atoms with Crippen molar-refractivity contribution in [1.29, 1.82) is 0 Å².